The molecule has 1 aromatic heterocycles. The van der Waals surface area contributed by atoms with E-state index in [1.54, 1.807) is 10.5 Å². The van der Waals surface area contributed by atoms with Crippen LogP contribution in [0.3, 0.4) is 0 Å². The molecule has 1 atom stereocenters. The molecule has 1 aromatic rings. The molecule has 3 aliphatic rings. The highest BCUT2D eigenvalue weighted by Gasteiger charge is 2.50. The van der Waals surface area contributed by atoms with Crippen LogP contribution in [-0.4, -0.2) is 58.7 Å². The van der Waals surface area contributed by atoms with Crippen LogP contribution in [0.15, 0.2) is 12.4 Å². The van der Waals surface area contributed by atoms with E-state index in [1.165, 1.54) is 0 Å². The first-order valence-corrected chi connectivity index (χ1v) is 10.8. The van der Waals surface area contributed by atoms with Gasteiger partial charge in [0, 0.05) is 31.5 Å². The van der Waals surface area contributed by atoms with Crippen molar-refractivity contribution in [2.45, 2.75) is 69.1 Å². The Kier molecular flexibility index (Phi) is 4.36. The molecule has 1 saturated carbocycles. The van der Waals surface area contributed by atoms with E-state index in [4.69, 9.17) is 4.74 Å². The van der Waals surface area contributed by atoms with Gasteiger partial charge in [0.2, 0.25) is 10.0 Å². The highest BCUT2D eigenvalue weighted by atomic mass is 32.2. The van der Waals surface area contributed by atoms with Gasteiger partial charge >= 0.3 is 0 Å². The number of piperidine rings is 1. The van der Waals surface area contributed by atoms with E-state index in [-0.39, 0.29) is 17.2 Å². The Labute approximate surface area is 154 Å². The molecule has 1 aliphatic carbocycles. The summed E-state index contributed by atoms with van der Waals surface area (Å²) in [7, 11) is -3.18. The fourth-order valence-corrected chi connectivity index (χ4v) is 5.78. The largest absolute Gasteiger partial charge is 0.352 e. The number of imidazole rings is 1. The van der Waals surface area contributed by atoms with E-state index >= 15 is 0 Å². The van der Waals surface area contributed by atoms with Crippen molar-refractivity contribution in [3.8, 4) is 0 Å². The summed E-state index contributed by atoms with van der Waals surface area (Å²) in [5, 5.41) is 2.71. The van der Waals surface area contributed by atoms with Crippen LogP contribution in [0.1, 0.15) is 45.4 Å². The number of fused-ring (bicyclic) bond motifs is 2. The van der Waals surface area contributed by atoms with Crippen molar-refractivity contribution < 1.29 is 17.9 Å². The van der Waals surface area contributed by atoms with Crippen LogP contribution < -0.4 is 5.32 Å². The number of aromatic nitrogens is 2. The van der Waals surface area contributed by atoms with Crippen molar-refractivity contribution in [1.29, 1.82) is 0 Å². The molecule has 1 N–H and O–H groups in total. The Bertz CT molecular complexity index is 791. The normalized spacial score (nSPS) is 26.0. The maximum atomic E-state index is 12.5. The Hall–Kier alpha value is -1.45. The first-order chi connectivity index (χ1) is 12.3. The van der Waals surface area contributed by atoms with Crippen LogP contribution in [0.25, 0.3) is 0 Å². The lowest BCUT2D eigenvalue weighted by Gasteiger charge is -2.45. The maximum Gasteiger partial charge on any atom is 0.251 e. The van der Waals surface area contributed by atoms with Crippen molar-refractivity contribution in [1.82, 2.24) is 19.2 Å². The first kappa shape index (κ1) is 17.9. The van der Waals surface area contributed by atoms with Crippen LogP contribution >= 0.6 is 0 Å². The van der Waals surface area contributed by atoms with Gasteiger partial charge in [-0.2, -0.15) is 0 Å². The molecule has 1 amide bonds. The lowest BCUT2D eigenvalue weighted by atomic mass is 9.89. The Morgan fingerprint density at radius 1 is 1.35 bits per heavy atom. The Balaban J connectivity index is 1.55. The lowest BCUT2D eigenvalue weighted by molar-refractivity contribution is -0.171. The van der Waals surface area contributed by atoms with E-state index in [0.717, 1.165) is 18.7 Å². The molecule has 2 aliphatic heterocycles. The minimum atomic E-state index is -3.18. The summed E-state index contributed by atoms with van der Waals surface area (Å²) in [4.78, 5) is 17.0. The minimum absolute atomic E-state index is 0.0387. The topological polar surface area (TPSA) is 93.5 Å². The Morgan fingerprint density at radius 2 is 2.04 bits per heavy atom. The third-order valence-corrected chi connectivity index (χ3v) is 7.81. The zero-order valence-electron chi connectivity index (χ0n) is 15.2. The van der Waals surface area contributed by atoms with Gasteiger partial charge < -0.3 is 14.6 Å². The summed E-state index contributed by atoms with van der Waals surface area (Å²) < 4.78 is 34.9. The third-order valence-electron chi connectivity index (χ3n) is 5.41. The number of ether oxygens (including phenoxy) is 1. The predicted molar refractivity (Wildman–Crippen MR) is 94.8 cm³/mol. The van der Waals surface area contributed by atoms with E-state index in [2.05, 4.69) is 10.3 Å². The first-order valence-electron chi connectivity index (χ1n) is 9.31. The molecule has 26 heavy (non-hydrogen) atoms. The van der Waals surface area contributed by atoms with Crippen LogP contribution in [0.2, 0.25) is 0 Å². The molecule has 0 aromatic carbocycles. The molecule has 0 unspecified atom stereocenters. The number of nitrogens with zero attached hydrogens (tertiary/aromatic N) is 3. The van der Waals surface area contributed by atoms with Crippen LogP contribution in [0.4, 0.5) is 0 Å². The van der Waals surface area contributed by atoms with Crippen molar-refractivity contribution in [2.75, 3.05) is 13.1 Å². The SMILES string of the molecule is CC(C)NC(=O)[C@@H]1Cn2ccnc2C2(CCN(S(=O)(=O)C3CC3)CC2)O1. The average Bonchev–Trinajstić information content (AvgIpc) is 3.34. The molecular formula is C17H26N4O4S. The summed E-state index contributed by atoms with van der Waals surface area (Å²) >= 11 is 0. The van der Waals surface area contributed by atoms with Gasteiger partial charge in [0.15, 0.2) is 6.10 Å². The number of carbonyl (C=O) groups is 1. The summed E-state index contributed by atoms with van der Waals surface area (Å²) in [5.41, 5.74) is -0.698. The van der Waals surface area contributed by atoms with Gasteiger partial charge in [-0.25, -0.2) is 17.7 Å². The third kappa shape index (κ3) is 3.05. The van der Waals surface area contributed by atoms with Gasteiger partial charge in [-0.3, -0.25) is 4.79 Å². The van der Waals surface area contributed by atoms with E-state index < -0.39 is 21.7 Å². The van der Waals surface area contributed by atoms with Crippen LogP contribution in [0.5, 0.6) is 0 Å². The lowest BCUT2D eigenvalue weighted by Crippen LogP contribution is -2.55. The molecule has 0 bridgehead atoms. The molecule has 8 nitrogen and oxygen atoms in total. The van der Waals surface area contributed by atoms with E-state index in [9.17, 15) is 13.2 Å². The van der Waals surface area contributed by atoms with Gasteiger partial charge in [-0.1, -0.05) is 0 Å². The summed E-state index contributed by atoms with van der Waals surface area (Å²) in [6.07, 6.45) is 5.55. The number of rotatable bonds is 4. The number of amides is 1. The van der Waals surface area contributed by atoms with Crippen LogP contribution in [0, 0.1) is 0 Å². The Morgan fingerprint density at radius 3 is 2.65 bits per heavy atom. The second-order valence-electron chi connectivity index (χ2n) is 7.81. The molecule has 144 valence electrons. The van der Waals surface area contributed by atoms with Gasteiger partial charge in [0.05, 0.1) is 11.8 Å². The zero-order valence-corrected chi connectivity index (χ0v) is 16.0. The fourth-order valence-electron chi connectivity index (χ4n) is 3.93. The number of carbonyl (C=O) groups excluding carboxylic acids is 1. The number of hydrogen-bond acceptors (Lipinski definition) is 5. The highest BCUT2D eigenvalue weighted by molar-refractivity contribution is 7.90. The van der Waals surface area contributed by atoms with Gasteiger partial charge in [-0.05, 0) is 39.5 Å². The number of sulfonamides is 1. The van der Waals surface area contributed by atoms with E-state index in [0.29, 0.717) is 32.5 Å². The van der Waals surface area contributed by atoms with Crippen molar-refractivity contribution in [3.63, 3.8) is 0 Å². The summed E-state index contributed by atoms with van der Waals surface area (Å²) in [6.45, 7) is 5.08. The molecule has 1 saturated heterocycles. The number of hydrogen-bond donors (Lipinski definition) is 1. The quantitative estimate of drug-likeness (QED) is 0.823. The molecular weight excluding hydrogens is 356 g/mol. The molecule has 0 radical (unpaired) electrons. The second kappa shape index (κ2) is 6.31. The predicted octanol–water partition coefficient (Wildman–Crippen LogP) is 0.590. The molecule has 9 heteroatoms. The van der Waals surface area contributed by atoms with Gasteiger partial charge in [-0.15, -0.1) is 0 Å². The van der Waals surface area contributed by atoms with Crippen molar-refractivity contribution in [3.05, 3.63) is 18.2 Å². The molecule has 1 spiro atoms. The molecule has 3 heterocycles. The smallest absolute Gasteiger partial charge is 0.251 e. The maximum absolute atomic E-state index is 12.5. The van der Waals surface area contributed by atoms with Gasteiger partial charge in [0.1, 0.15) is 11.4 Å². The molecule has 4 rings (SSSR count). The van der Waals surface area contributed by atoms with Crippen molar-refractivity contribution >= 4 is 15.9 Å². The average molecular weight is 382 g/mol. The highest BCUT2D eigenvalue weighted by Crippen LogP contribution is 2.42. The standard InChI is InChI=1S/C17H26N4O4S/c1-12(2)19-15(22)14-11-20-10-7-18-16(20)17(25-14)5-8-21(9-6-17)26(23,24)13-3-4-13/h7,10,12-14H,3-6,8-9,11H2,1-2H3,(H,19,22)/t14-/m0/s1. The summed E-state index contributed by atoms with van der Waals surface area (Å²) in [6, 6.07) is 0.0387. The minimum Gasteiger partial charge on any atom is -0.352 e. The second-order valence-corrected chi connectivity index (χ2v) is 10.0. The number of nitrogens with one attached hydrogen (secondary N) is 1. The summed E-state index contributed by atoms with van der Waals surface area (Å²) in [5.74, 6) is 0.668. The van der Waals surface area contributed by atoms with E-state index in [1.807, 2.05) is 24.6 Å². The van der Waals surface area contributed by atoms with Crippen molar-refractivity contribution in [2.24, 2.45) is 0 Å². The van der Waals surface area contributed by atoms with Gasteiger partial charge in [0.25, 0.3) is 5.91 Å². The molecule has 2 fully saturated rings. The monoisotopic (exact) mass is 382 g/mol. The fraction of sp³-hybridized carbons (Fsp3) is 0.765. The zero-order chi connectivity index (χ0) is 18.5. The van der Waals surface area contributed by atoms with Crippen LogP contribution in [-0.2, 0) is 31.7 Å².